The standard InChI is InChI=1S/C7H7F6IO2/c1-16-4(15)6(10,11)7(12,13)5(8,9)2-3-14/h2-3H2,1H3. The quantitative estimate of drug-likeness (QED) is 0.325. The Morgan fingerprint density at radius 3 is 1.94 bits per heavy atom. The highest BCUT2D eigenvalue weighted by Gasteiger charge is 2.75. The van der Waals surface area contributed by atoms with E-state index in [-0.39, 0.29) is 0 Å². The Morgan fingerprint density at radius 1 is 1.19 bits per heavy atom. The topological polar surface area (TPSA) is 26.3 Å². The van der Waals surface area contributed by atoms with Gasteiger partial charge in [0.2, 0.25) is 0 Å². The first-order valence-corrected chi connectivity index (χ1v) is 5.35. The van der Waals surface area contributed by atoms with Gasteiger partial charge < -0.3 is 4.74 Å². The predicted octanol–water partition coefficient (Wildman–Crippen LogP) is 2.89. The van der Waals surface area contributed by atoms with Crippen LogP contribution in [0.4, 0.5) is 26.3 Å². The van der Waals surface area contributed by atoms with Gasteiger partial charge in [0.25, 0.3) is 0 Å². The van der Waals surface area contributed by atoms with E-state index in [9.17, 15) is 31.1 Å². The van der Waals surface area contributed by atoms with Crippen LogP contribution in [-0.2, 0) is 9.53 Å². The van der Waals surface area contributed by atoms with E-state index in [4.69, 9.17) is 0 Å². The monoisotopic (exact) mass is 364 g/mol. The summed E-state index contributed by atoms with van der Waals surface area (Å²) >= 11 is 1.33. The Bertz CT molecular complexity index is 268. The van der Waals surface area contributed by atoms with Crippen molar-refractivity contribution in [3.63, 3.8) is 0 Å². The van der Waals surface area contributed by atoms with Crippen LogP contribution in [0.3, 0.4) is 0 Å². The molecule has 0 bridgehead atoms. The van der Waals surface area contributed by atoms with Crippen molar-refractivity contribution in [2.75, 3.05) is 11.5 Å². The number of ether oxygens (including phenoxy) is 1. The van der Waals surface area contributed by atoms with Gasteiger partial charge >= 0.3 is 23.7 Å². The van der Waals surface area contributed by atoms with Crippen LogP contribution in [0.25, 0.3) is 0 Å². The molecule has 0 aromatic rings. The van der Waals surface area contributed by atoms with Crippen molar-refractivity contribution in [3.8, 4) is 0 Å². The Morgan fingerprint density at radius 2 is 1.62 bits per heavy atom. The maximum atomic E-state index is 12.8. The Labute approximate surface area is 100 Å². The normalized spacial score (nSPS) is 13.8. The smallest absolute Gasteiger partial charge is 0.410 e. The molecule has 0 fully saturated rings. The summed E-state index contributed by atoms with van der Waals surface area (Å²) in [4.78, 5) is 10.3. The SMILES string of the molecule is COC(=O)C(F)(F)C(F)(F)C(F)(F)CCI. The van der Waals surface area contributed by atoms with E-state index in [1.807, 2.05) is 0 Å². The van der Waals surface area contributed by atoms with Gasteiger partial charge in [0.1, 0.15) is 0 Å². The second kappa shape index (κ2) is 4.96. The molecule has 0 atom stereocenters. The minimum absolute atomic E-state index is 0.406. The number of halogens is 7. The molecule has 0 aromatic carbocycles. The first-order chi connectivity index (χ1) is 7.04. The number of methoxy groups -OCH3 is 1. The lowest BCUT2D eigenvalue weighted by molar-refractivity contribution is -0.304. The second-order valence-corrected chi connectivity index (χ2v) is 3.86. The van der Waals surface area contributed by atoms with E-state index < -0.39 is 34.6 Å². The molecule has 0 rings (SSSR count). The Hall–Kier alpha value is -0.220. The fraction of sp³-hybridized carbons (Fsp3) is 0.857. The van der Waals surface area contributed by atoms with E-state index in [0.29, 0.717) is 7.11 Å². The Kier molecular flexibility index (Phi) is 4.89. The van der Waals surface area contributed by atoms with E-state index in [1.165, 1.54) is 22.6 Å². The molecule has 0 unspecified atom stereocenters. The van der Waals surface area contributed by atoms with Crippen LogP contribution < -0.4 is 0 Å². The molecule has 0 aliphatic rings. The number of rotatable bonds is 5. The van der Waals surface area contributed by atoms with Crippen LogP contribution >= 0.6 is 22.6 Å². The molecule has 0 amide bonds. The van der Waals surface area contributed by atoms with Gasteiger partial charge in [-0.05, 0) is 0 Å². The molecule has 9 heteroatoms. The largest absolute Gasteiger partial charge is 0.464 e. The first kappa shape index (κ1) is 15.8. The number of carbonyl (C=O) groups is 1. The number of alkyl halides is 7. The van der Waals surface area contributed by atoms with Gasteiger partial charge in [-0.15, -0.1) is 0 Å². The zero-order valence-corrected chi connectivity index (χ0v) is 10.0. The van der Waals surface area contributed by atoms with E-state index in [0.717, 1.165) is 0 Å². The number of hydrogen-bond donors (Lipinski definition) is 0. The summed E-state index contributed by atoms with van der Waals surface area (Å²) in [5.74, 6) is -19.0. The summed E-state index contributed by atoms with van der Waals surface area (Å²) < 4.78 is 79.4. The lowest BCUT2D eigenvalue weighted by Crippen LogP contribution is -2.58. The van der Waals surface area contributed by atoms with Crippen LogP contribution in [0.2, 0.25) is 0 Å². The van der Waals surface area contributed by atoms with E-state index in [1.54, 1.807) is 0 Å². The lowest BCUT2D eigenvalue weighted by atomic mass is 10.0. The fourth-order valence-electron chi connectivity index (χ4n) is 0.762. The van der Waals surface area contributed by atoms with Crippen LogP contribution in [-0.4, -0.2) is 35.3 Å². The third-order valence-corrected chi connectivity index (χ3v) is 2.24. The van der Waals surface area contributed by atoms with Crippen molar-refractivity contribution in [2.24, 2.45) is 0 Å². The molecule has 0 heterocycles. The molecular weight excluding hydrogens is 357 g/mol. The van der Waals surface area contributed by atoms with Crippen LogP contribution in [0.15, 0.2) is 0 Å². The Balaban J connectivity index is 5.25. The molecule has 0 N–H and O–H groups in total. The van der Waals surface area contributed by atoms with Crippen LogP contribution in [0.1, 0.15) is 6.42 Å². The van der Waals surface area contributed by atoms with Crippen molar-refractivity contribution in [1.82, 2.24) is 0 Å². The molecule has 0 saturated heterocycles. The van der Waals surface area contributed by atoms with E-state index >= 15 is 0 Å². The molecule has 0 aromatic heterocycles. The predicted molar refractivity (Wildman–Crippen MR) is 50.4 cm³/mol. The summed E-state index contributed by atoms with van der Waals surface area (Å²) in [5, 5.41) is 0. The molecule has 0 aliphatic carbocycles. The molecule has 0 aliphatic heterocycles. The van der Waals surface area contributed by atoms with Gasteiger partial charge in [-0.1, -0.05) is 22.6 Å². The molecular formula is C7H7F6IO2. The molecule has 2 nitrogen and oxygen atoms in total. The second-order valence-electron chi connectivity index (χ2n) is 2.78. The number of esters is 1. The maximum absolute atomic E-state index is 12.8. The van der Waals surface area contributed by atoms with Crippen molar-refractivity contribution >= 4 is 28.6 Å². The minimum Gasteiger partial charge on any atom is -0.464 e. The lowest BCUT2D eigenvalue weighted by Gasteiger charge is -2.30. The van der Waals surface area contributed by atoms with Crippen molar-refractivity contribution in [2.45, 2.75) is 24.2 Å². The summed E-state index contributed by atoms with van der Waals surface area (Å²) in [6.07, 6.45) is -1.47. The zero-order chi connectivity index (χ0) is 13.2. The van der Waals surface area contributed by atoms with Crippen LogP contribution in [0, 0.1) is 0 Å². The summed E-state index contributed by atoms with van der Waals surface area (Å²) in [5.41, 5.74) is 0. The zero-order valence-electron chi connectivity index (χ0n) is 7.88. The maximum Gasteiger partial charge on any atom is 0.410 e. The molecule has 0 spiro atoms. The summed E-state index contributed by atoms with van der Waals surface area (Å²) in [6.45, 7) is 0. The fourth-order valence-corrected chi connectivity index (χ4v) is 1.44. The van der Waals surface area contributed by atoms with Gasteiger partial charge in [-0.2, -0.15) is 26.3 Å². The molecule has 16 heavy (non-hydrogen) atoms. The third kappa shape index (κ3) is 2.54. The highest BCUT2D eigenvalue weighted by Crippen LogP contribution is 2.47. The first-order valence-electron chi connectivity index (χ1n) is 3.82. The van der Waals surface area contributed by atoms with Gasteiger partial charge in [-0.3, -0.25) is 0 Å². The van der Waals surface area contributed by atoms with Crippen molar-refractivity contribution < 1.29 is 35.9 Å². The van der Waals surface area contributed by atoms with Crippen LogP contribution in [0.5, 0.6) is 0 Å². The highest BCUT2D eigenvalue weighted by molar-refractivity contribution is 14.1. The summed E-state index contributed by atoms with van der Waals surface area (Å²) in [7, 11) is 0.406. The van der Waals surface area contributed by atoms with Crippen molar-refractivity contribution in [1.29, 1.82) is 0 Å². The number of hydrogen-bond acceptors (Lipinski definition) is 2. The van der Waals surface area contributed by atoms with E-state index in [2.05, 4.69) is 4.74 Å². The minimum atomic E-state index is -5.78. The van der Waals surface area contributed by atoms with Gasteiger partial charge in [-0.25, -0.2) is 4.79 Å². The number of carbonyl (C=O) groups excluding carboxylic acids is 1. The summed E-state index contributed by atoms with van der Waals surface area (Å²) in [6, 6.07) is 0. The average Bonchev–Trinajstić information content (AvgIpc) is 2.15. The van der Waals surface area contributed by atoms with Gasteiger partial charge in [0.15, 0.2) is 0 Å². The highest BCUT2D eigenvalue weighted by atomic mass is 127. The molecule has 0 radical (unpaired) electrons. The van der Waals surface area contributed by atoms with Gasteiger partial charge in [0.05, 0.1) is 7.11 Å². The molecule has 0 saturated carbocycles. The van der Waals surface area contributed by atoms with Gasteiger partial charge in [0, 0.05) is 10.8 Å². The van der Waals surface area contributed by atoms with Crippen molar-refractivity contribution in [3.05, 3.63) is 0 Å². The molecule has 96 valence electrons. The third-order valence-electron chi connectivity index (χ3n) is 1.70. The average molecular weight is 364 g/mol.